The quantitative estimate of drug-likeness (QED) is 0.637. The maximum atomic E-state index is 13.3. The van der Waals surface area contributed by atoms with Crippen LogP contribution in [-0.4, -0.2) is 35.0 Å². The molecule has 4 rings (SSSR count). The molecule has 3 aromatic rings. The van der Waals surface area contributed by atoms with Gasteiger partial charge >= 0.3 is 0 Å². The topological polar surface area (TPSA) is 88.6 Å². The molecule has 8 heteroatoms. The minimum atomic E-state index is -0.347. The molecule has 3 heterocycles. The first-order chi connectivity index (χ1) is 14.6. The summed E-state index contributed by atoms with van der Waals surface area (Å²) in [6.45, 7) is 1.64. The van der Waals surface area contributed by atoms with E-state index in [0.717, 1.165) is 23.9 Å². The standard InChI is InChI=1S/C22H24FN3O4/c23-16-6-7-18-19(13-16)30-25-22(18)15-8-10-26(11-9-15)21(28)5-1-4-20(27)24-14-17-3-2-12-29-17/h2-3,6-7,12-13,15H,1,4-5,8-11,14H2,(H,24,27). The SMILES string of the molecule is O=C(CCCC(=O)N1CCC(c2noc3cc(F)ccc23)CC1)NCc1ccco1. The fourth-order valence-corrected chi connectivity index (χ4v) is 3.87. The molecule has 1 aliphatic heterocycles. The molecule has 0 atom stereocenters. The van der Waals surface area contributed by atoms with Crippen molar-refractivity contribution in [1.29, 1.82) is 0 Å². The number of aromatic nitrogens is 1. The van der Waals surface area contributed by atoms with Crippen LogP contribution in [0.1, 0.15) is 49.5 Å². The van der Waals surface area contributed by atoms with E-state index in [9.17, 15) is 14.0 Å². The Morgan fingerprint density at radius 1 is 1.20 bits per heavy atom. The summed E-state index contributed by atoms with van der Waals surface area (Å²) >= 11 is 0. The monoisotopic (exact) mass is 413 g/mol. The third-order valence-corrected chi connectivity index (χ3v) is 5.53. The smallest absolute Gasteiger partial charge is 0.222 e. The third-order valence-electron chi connectivity index (χ3n) is 5.53. The second-order valence-electron chi connectivity index (χ2n) is 7.57. The van der Waals surface area contributed by atoms with Crippen LogP contribution in [-0.2, 0) is 16.1 Å². The Hall–Kier alpha value is -3.16. The number of hydrogen-bond donors (Lipinski definition) is 1. The van der Waals surface area contributed by atoms with Crippen LogP contribution >= 0.6 is 0 Å². The van der Waals surface area contributed by atoms with Gasteiger partial charge < -0.3 is 19.2 Å². The lowest BCUT2D eigenvalue weighted by molar-refractivity contribution is -0.132. The Kier molecular flexibility index (Phi) is 6.11. The highest BCUT2D eigenvalue weighted by Gasteiger charge is 2.27. The van der Waals surface area contributed by atoms with Gasteiger partial charge in [-0.2, -0.15) is 0 Å². The number of hydrogen-bond acceptors (Lipinski definition) is 5. The number of amides is 2. The number of fused-ring (bicyclic) bond motifs is 1. The van der Waals surface area contributed by atoms with E-state index in [-0.39, 0.29) is 23.5 Å². The molecule has 1 saturated heterocycles. The van der Waals surface area contributed by atoms with Crippen molar-refractivity contribution in [2.24, 2.45) is 0 Å². The number of piperidine rings is 1. The lowest BCUT2D eigenvalue weighted by Crippen LogP contribution is -2.38. The van der Waals surface area contributed by atoms with Gasteiger partial charge in [-0.05, 0) is 43.5 Å². The van der Waals surface area contributed by atoms with E-state index in [1.54, 1.807) is 24.5 Å². The average Bonchev–Trinajstić information content (AvgIpc) is 3.42. The highest BCUT2D eigenvalue weighted by atomic mass is 19.1. The first-order valence-electron chi connectivity index (χ1n) is 10.2. The van der Waals surface area contributed by atoms with Crippen LogP contribution in [0.15, 0.2) is 45.5 Å². The normalized spacial score (nSPS) is 14.9. The van der Waals surface area contributed by atoms with E-state index in [0.29, 0.717) is 50.2 Å². The molecule has 158 valence electrons. The fraction of sp³-hybridized carbons (Fsp3) is 0.409. The average molecular weight is 413 g/mol. The van der Waals surface area contributed by atoms with E-state index in [4.69, 9.17) is 8.94 Å². The number of furan rings is 1. The molecular weight excluding hydrogens is 389 g/mol. The van der Waals surface area contributed by atoms with Crippen LogP contribution in [0.3, 0.4) is 0 Å². The molecule has 0 aliphatic carbocycles. The highest BCUT2D eigenvalue weighted by Crippen LogP contribution is 2.33. The van der Waals surface area contributed by atoms with Crippen molar-refractivity contribution in [2.45, 2.75) is 44.6 Å². The molecule has 1 aromatic carbocycles. The first kappa shape index (κ1) is 20.1. The molecular formula is C22H24FN3O4. The van der Waals surface area contributed by atoms with E-state index in [2.05, 4.69) is 10.5 Å². The van der Waals surface area contributed by atoms with Gasteiger partial charge in [0, 0.05) is 43.3 Å². The Morgan fingerprint density at radius 3 is 2.80 bits per heavy atom. The van der Waals surface area contributed by atoms with Crippen LogP contribution in [0.2, 0.25) is 0 Å². The zero-order chi connectivity index (χ0) is 20.9. The Bertz CT molecular complexity index is 1010. The van der Waals surface area contributed by atoms with Crippen LogP contribution in [0.5, 0.6) is 0 Å². The number of rotatable bonds is 7. The van der Waals surface area contributed by atoms with Crippen LogP contribution in [0, 0.1) is 5.82 Å². The Labute approximate surface area is 173 Å². The minimum Gasteiger partial charge on any atom is -0.467 e. The van der Waals surface area contributed by atoms with Crippen molar-refractivity contribution in [1.82, 2.24) is 15.4 Å². The van der Waals surface area contributed by atoms with E-state index in [1.165, 1.54) is 12.1 Å². The summed E-state index contributed by atoms with van der Waals surface area (Å²) in [5.74, 6) is 0.521. The van der Waals surface area contributed by atoms with Crippen molar-refractivity contribution in [3.05, 3.63) is 53.9 Å². The summed E-state index contributed by atoms with van der Waals surface area (Å²) in [5, 5.41) is 7.75. The Morgan fingerprint density at radius 2 is 2.03 bits per heavy atom. The summed E-state index contributed by atoms with van der Waals surface area (Å²) < 4.78 is 23.8. The van der Waals surface area contributed by atoms with Crippen LogP contribution in [0.25, 0.3) is 11.0 Å². The van der Waals surface area contributed by atoms with Crippen molar-refractivity contribution in [3.63, 3.8) is 0 Å². The predicted octanol–water partition coefficient (Wildman–Crippen LogP) is 3.75. The molecule has 0 bridgehead atoms. The summed E-state index contributed by atoms with van der Waals surface area (Å²) in [7, 11) is 0. The number of carbonyl (C=O) groups is 2. The van der Waals surface area contributed by atoms with Gasteiger partial charge in [-0.1, -0.05) is 5.16 Å². The number of benzene rings is 1. The highest BCUT2D eigenvalue weighted by molar-refractivity contribution is 5.80. The summed E-state index contributed by atoms with van der Waals surface area (Å²) in [6, 6.07) is 8.02. The molecule has 1 N–H and O–H groups in total. The molecule has 2 amide bonds. The summed E-state index contributed by atoms with van der Waals surface area (Å²) in [5.41, 5.74) is 1.29. The molecule has 0 spiro atoms. The number of carbonyl (C=O) groups excluding carboxylic acids is 2. The number of nitrogens with zero attached hydrogens (tertiary/aromatic N) is 2. The van der Waals surface area contributed by atoms with Crippen molar-refractivity contribution >= 4 is 22.8 Å². The van der Waals surface area contributed by atoms with Crippen LogP contribution in [0.4, 0.5) is 4.39 Å². The van der Waals surface area contributed by atoms with E-state index >= 15 is 0 Å². The maximum absolute atomic E-state index is 13.3. The van der Waals surface area contributed by atoms with Crippen molar-refractivity contribution in [3.8, 4) is 0 Å². The fourth-order valence-electron chi connectivity index (χ4n) is 3.87. The van der Waals surface area contributed by atoms with E-state index in [1.807, 2.05) is 4.90 Å². The summed E-state index contributed by atoms with van der Waals surface area (Å²) in [4.78, 5) is 26.2. The largest absolute Gasteiger partial charge is 0.467 e. The lowest BCUT2D eigenvalue weighted by Gasteiger charge is -2.31. The van der Waals surface area contributed by atoms with Gasteiger partial charge in [0.1, 0.15) is 11.6 Å². The van der Waals surface area contributed by atoms with Crippen molar-refractivity contribution in [2.75, 3.05) is 13.1 Å². The number of halogens is 1. The molecule has 7 nitrogen and oxygen atoms in total. The van der Waals surface area contributed by atoms with Gasteiger partial charge in [-0.15, -0.1) is 0 Å². The molecule has 2 aromatic heterocycles. The molecule has 30 heavy (non-hydrogen) atoms. The van der Waals surface area contributed by atoms with Gasteiger partial charge in [0.15, 0.2) is 5.58 Å². The van der Waals surface area contributed by atoms with Gasteiger partial charge in [-0.25, -0.2) is 4.39 Å². The van der Waals surface area contributed by atoms with E-state index < -0.39 is 0 Å². The third kappa shape index (κ3) is 4.69. The van der Waals surface area contributed by atoms with Gasteiger partial charge in [0.05, 0.1) is 18.5 Å². The van der Waals surface area contributed by atoms with Gasteiger partial charge in [0.2, 0.25) is 11.8 Å². The Balaban J connectivity index is 1.20. The second-order valence-corrected chi connectivity index (χ2v) is 7.57. The van der Waals surface area contributed by atoms with Gasteiger partial charge in [0.25, 0.3) is 0 Å². The molecule has 0 radical (unpaired) electrons. The molecule has 1 aliphatic rings. The second kappa shape index (κ2) is 9.11. The molecule has 1 fully saturated rings. The van der Waals surface area contributed by atoms with Gasteiger partial charge in [-0.3, -0.25) is 9.59 Å². The number of nitrogens with one attached hydrogen (secondary N) is 1. The zero-order valence-electron chi connectivity index (χ0n) is 16.6. The minimum absolute atomic E-state index is 0.0689. The van der Waals surface area contributed by atoms with Crippen molar-refractivity contribution < 1.29 is 22.9 Å². The van der Waals surface area contributed by atoms with Crippen LogP contribution < -0.4 is 5.32 Å². The first-order valence-corrected chi connectivity index (χ1v) is 10.2. The lowest BCUT2D eigenvalue weighted by atomic mass is 9.91. The molecule has 0 saturated carbocycles. The predicted molar refractivity (Wildman–Crippen MR) is 107 cm³/mol. The summed E-state index contributed by atoms with van der Waals surface area (Å²) in [6.07, 6.45) is 4.31. The number of likely N-dealkylation sites (tertiary alicyclic amines) is 1. The zero-order valence-corrected chi connectivity index (χ0v) is 16.6. The maximum Gasteiger partial charge on any atom is 0.222 e. The molecule has 0 unspecified atom stereocenters.